The molecule has 0 aromatic heterocycles. The molecule has 5 heteroatoms. The van der Waals surface area contributed by atoms with Gasteiger partial charge in [0.25, 0.3) is 0 Å². The van der Waals surface area contributed by atoms with E-state index in [0.29, 0.717) is 23.9 Å². The molecule has 1 saturated heterocycles. The average molecular weight is 277 g/mol. The van der Waals surface area contributed by atoms with Crippen molar-refractivity contribution in [1.82, 2.24) is 4.90 Å². The van der Waals surface area contributed by atoms with Crippen molar-refractivity contribution in [2.75, 3.05) is 37.8 Å². The summed E-state index contributed by atoms with van der Waals surface area (Å²) in [5.41, 5.74) is 7.99. The maximum Gasteiger partial charge on any atom is 0.338 e. The Bertz CT molecular complexity index is 476. The van der Waals surface area contributed by atoms with E-state index >= 15 is 0 Å². The summed E-state index contributed by atoms with van der Waals surface area (Å²) < 4.78 is 4.97. The molecule has 0 amide bonds. The highest BCUT2D eigenvalue weighted by molar-refractivity contribution is 5.91. The predicted octanol–water partition coefficient (Wildman–Crippen LogP) is 1.95. The van der Waals surface area contributed by atoms with Gasteiger partial charge in [-0.15, -0.1) is 0 Å². The number of piperidine rings is 1. The number of hydrogen-bond acceptors (Lipinski definition) is 5. The quantitative estimate of drug-likeness (QED) is 0.650. The molecule has 2 rings (SSSR count). The first kappa shape index (κ1) is 14.7. The van der Waals surface area contributed by atoms with E-state index in [4.69, 9.17) is 10.5 Å². The average Bonchev–Trinajstić information content (AvgIpc) is 2.41. The van der Waals surface area contributed by atoms with E-state index in [-0.39, 0.29) is 5.97 Å². The summed E-state index contributed by atoms with van der Waals surface area (Å²) in [7, 11) is 2.13. The second-order valence-electron chi connectivity index (χ2n) is 5.27. The molecule has 0 saturated carbocycles. The van der Waals surface area contributed by atoms with Crippen LogP contribution in [0.15, 0.2) is 18.2 Å². The fourth-order valence-corrected chi connectivity index (χ4v) is 2.54. The summed E-state index contributed by atoms with van der Waals surface area (Å²) in [4.78, 5) is 13.9. The Morgan fingerprint density at radius 1 is 1.55 bits per heavy atom. The van der Waals surface area contributed by atoms with Gasteiger partial charge in [-0.1, -0.05) is 0 Å². The van der Waals surface area contributed by atoms with Gasteiger partial charge in [0.15, 0.2) is 0 Å². The Kier molecular flexibility index (Phi) is 4.84. The highest BCUT2D eigenvalue weighted by Crippen LogP contribution is 2.23. The van der Waals surface area contributed by atoms with E-state index in [1.165, 1.54) is 6.42 Å². The summed E-state index contributed by atoms with van der Waals surface area (Å²) >= 11 is 0. The summed E-state index contributed by atoms with van der Waals surface area (Å²) in [5.74, 6) is -0.330. The molecule has 1 aromatic rings. The van der Waals surface area contributed by atoms with E-state index in [9.17, 15) is 4.79 Å². The zero-order chi connectivity index (χ0) is 14.5. The Morgan fingerprint density at radius 2 is 2.35 bits per heavy atom. The van der Waals surface area contributed by atoms with Crippen molar-refractivity contribution in [1.29, 1.82) is 0 Å². The molecule has 1 aliphatic heterocycles. The van der Waals surface area contributed by atoms with Crippen LogP contribution in [0.4, 0.5) is 11.4 Å². The number of ether oxygens (including phenoxy) is 1. The number of hydrogen-bond donors (Lipinski definition) is 2. The highest BCUT2D eigenvalue weighted by atomic mass is 16.5. The molecular weight excluding hydrogens is 254 g/mol. The largest absolute Gasteiger partial charge is 0.462 e. The normalized spacial score (nSPS) is 19.6. The number of carbonyl (C=O) groups excluding carboxylic acids is 1. The molecule has 0 aliphatic carbocycles. The molecule has 0 spiro atoms. The SMILES string of the molecule is CCOC(=O)c1ccc(NC2CCCN(C)C2)c(N)c1. The van der Waals surface area contributed by atoms with Gasteiger partial charge in [-0.25, -0.2) is 4.79 Å². The third-order valence-corrected chi connectivity index (χ3v) is 3.55. The number of nitrogens with one attached hydrogen (secondary N) is 1. The lowest BCUT2D eigenvalue weighted by molar-refractivity contribution is 0.0526. The first-order valence-electron chi connectivity index (χ1n) is 7.12. The van der Waals surface area contributed by atoms with Gasteiger partial charge in [-0.05, 0) is 51.6 Å². The molecule has 5 nitrogen and oxygen atoms in total. The molecule has 1 atom stereocenters. The van der Waals surface area contributed by atoms with Crippen LogP contribution in [-0.4, -0.2) is 43.7 Å². The van der Waals surface area contributed by atoms with Crippen LogP contribution < -0.4 is 11.1 Å². The number of likely N-dealkylation sites (N-methyl/N-ethyl adjacent to an activating group) is 1. The minimum Gasteiger partial charge on any atom is -0.462 e. The van der Waals surface area contributed by atoms with Gasteiger partial charge in [-0.2, -0.15) is 0 Å². The minimum atomic E-state index is -0.330. The van der Waals surface area contributed by atoms with Gasteiger partial charge in [-0.3, -0.25) is 0 Å². The number of carbonyl (C=O) groups is 1. The first-order valence-corrected chi connectivity index (χ1v) is 7.12. The molecule has 1 aliphatic rings. The van der Waals surface area contributed by atoms with Gasteiger partial charge < -0.3 is 20.7 Å². The second-order valence-corrected chi connectivity index (χ2v) is 5.27. The number of rotatable bonds is 4. The van der Waals surface area contributed by atoms with Gasteiger partial charge >= 0.3 is 5.97 Å². The molecule has 0 bridgehead atoms. The molecule has 110 valence electrons. The van der Waals surface area contributed by atoms with Crippen molar-refractivity contribution < 1.29 is 9.53 Å². The Hall–Kier alpha value is -1.75. The van der Waals surface area contributed by atoms with Crippen LogP contribution in [0.5, 0.6) is 0 Å². The summed E-state index contributed by atoms with van der Waals surface area (Å²) in [6.45, 7) is 4.32. The van der Waals surface area contributed by atoms with Gasteiger partial charge in [0.2, 0.25) is 0 Å². The van der Waals surface area contributed by atoms with Crippen LogP contribution in [0.25, 0.3) is 0 Å². The fraction of sp³-hybridized carbons (Fsp3) is 0.533. The minimum absolute atomic E-state index is 0.330. The second kappa shape index (κ2) is 6.61. The van der Waals surface area contributed by atoms with Crippen molar-refractivity contribution >= 4 is 17.3 Å². The van der Waals surface area contributed by atoms with Gasteiger partial charge in [0.1, 0.15) is 0 Å². The molecule has 1 aromatic carbocycles. The number of nitrogens with two attached hydrogens (primary N) is 1. The lowest BCUT2D eigenvalue weighted by atomic mass is 10.1. The molecule has 20 heavy (non-hydrogen) atoms. The number of likely N-dealkylation sites (tertiary alicyclic amines) is 1. The lowest BCUT2D eigenvalue weighted by Crippen LogP contribution is -2.39. The number of esters is 1. The highest BCUT2D eigenvalue weighted by Gasteiger charge is 2.18. The van der Waals surface area contributed by atoms with Crippen LogP contribution in [0.1, 0.15) is 30.1 Å². The summed E-state index contributed by atoms with van der Waals surface area (Å²) in [6.07, 6.45) is 2.33. The van der Waals surface area contributed by atoms with Crippen molar-refractivity contribution in [3.63, 3.8) is 0 Å². The predicted molar refractivity (Wildman–Crippen MR) is 81.0 cm³/mol. The topological polar surface area (TPSA) is 67.6 Å². The van der Waals surface area contributed by atoms with E-state index in [1.807, 2.05) is 6.07 Å². The van der Waals surface area contributed by atoms with Crippen LogP contribution in [0, 0.1) is 0 Å². The third-order valence-electron chi connectivity index (χ3n) is 3.55. The number of anilines is 2. The molecule has 0 radical (unpaired) electrons. The molecule has 1 unspecified atom stereocenters. The first-order chi connectivity index (χ1) is 9.60. The van der Waals surface area contributed by atoms with Crippen LogP contribution in [0.3, 0.4) is 0 Å². The van der Waals surface area contributed by atoms with Crippen LogP contribution in [-0.2, 0) is 4.74 Å². The van der Waals surface area contributed by atoms with Gasteiger partial charge in [0.05, 0.1) is 23.5 Å². The zero-order valence-electron chi connectivity index (χ0n) is 12.2. The van der Waals surface area contributed by atoms with Crippen LogP contribution >= 0.6 is 0 Å². The van der Waals surface area contributed by atoms with E-state index in [1.54, 1.807) is 19.1 Å². The van der Waals surface area contributed by atoms with Crippen molar-refractivity contribution in [3.05, 3.63) is 23.8 Å². The van der Waals surface area contributed by atoms with Crippen LogP contribution in [0.2, 0.25) is 0 Å². The van der Waals surface area contributed by atoms with Crippen molar-refractivity contribution in [3.8, 4) is 0 Å². The Balaban J connectivity index is 2.04. The van der Waals surface area contributed by atoms with E-state index in [0.717, 1.165) is 25.2 Å². The third kappa shape index (κ3) is 3.63. The maximum atomic E-state index is 11.6. The van der Waals surface area contributed by atoms with Crippen molar-refractivity contribution in [2.45, 2.75) is 25.8 Å². The summed E-state index contributed by atoms with van der Waals surface area (Å²) in [5, 5.41) is 3.46. The Morgan fingerprint density at radius 3 is 3.00 bits per heavy atom. The Labute approximate surface area is 120 Å². The summed E-state index contributed by atoms with van der Waals surface area (Å²) in [6, 6.07) is 5.69. The maximum absolute atomic E-state index is 11.6. The molecular formula is C15H23N3O2. The number of nitrogen functional groups attached to an aromatic ring is 1. The fourth-order valence-electron chi connectivity index (χ4n) is 2.54. The van der Waals surface area contributed by atoms with Crippen molar-refractivity contribution in [2.24, 2.45) is 0 Å². The molecule has 1 heterocycles. The number of nitrogens with zero attached hydrogens (tertiary/aromatic N) is 1. The standard InChI is InChI=1S/C15H23N3O2/c1-3-20-15(19)11-6-7-14(13(16)9-11)17-12-5-4-8-18(2)10-12/h6-7,9,12,17H,3-5,8,10,16H2,1-2H3. The lowest BCUT2D eigenvalue weighted by Gasteiger charge is -2.31. The smallest absolute Gasteiger partial charge is 0.338 e. The van der Waals surface area contributed by atoms with Gasteiger partial charge in [0, 0.05) is 12.6 Å². The molecule has 3 N–H and O–H groups in total. The number of benzene rings is 1. The molecule has 1 fully saturated rings. The zero-order valence-corrected chi connectivity index (χ0v) is 12.2. The monoisotopic (exact) mass is 277 g/mol. The van der Waals surface area contributed by atoms with E-state index in [2.05, 4.69) is 17.3 Å². The van der Waals surface area contributed by atoms with E-state index < -0.39 is 0 Å².